The Morgan fingerprint density at radius 3 is 2.79 bits per heavy atom. The number of hydrogen-bond donors (Lipinski definition) is 2. The Morgan fingerprint density at radius 1 is 1.26 bits per heavy atom. The highest BCUT2D eigenvalue weighted by atomic mass is 15.1. The molecule has 1 saturated carbocycles. The van der Waals surface area contributed by atoms with E-state index < -0.39 is 0 Å². The lowest BCUT2D eigenvalue weighted by molar-refractivity contribution is 0.337. The van der Waals surface area contributed by atoms with E-state index in [1.807, 2.05) is 6.07 Å². The zero-order valence-electron chi connectivity index (χ0n) is 11.4. The lowest BCUT2D eigenvalue weighted by Crippen LogP contribution is -2.22. The first kappa shape index (κ1) is 12.7. The first-order valence-electron chi connectivity index (χ1n) is 7.42. The molecule has 5 nitrogen and oxygen atoms in total. The maximum atomic E-state index is 5.83. The van der Waals surface area contributed by atoms with Gasteiger partial charge in [-0.1, -0.05) is 0 Å². The van der Waals surface area contributed by atoms with Crippen LogP contribution in [0.3, 0.4) is 0 Å². The standard InChI is InChI=1S/C14H23N5/c15-12-10-13(18-14(17-12)11-4-5-11)16-6-3-9-19-7-1-2-8-19/h10-11H,1-9H2,(H3,15,16,17,18). The van der Waals surface area contributed by atoms with Crippen molar-refractivity contribution in [2.75, 3.05) is 37.2 Å². The van der Waals surface area contributed by atoms with Gasteiger partial charge in [-0.05, 0) is 51.7 Å². The van der Waals surface area contributed by atoms with Crippen molar-refractivity contribution in [3.8, 4) is 0 Å². The molecule has 0 aromatic carbocycles. The first-order valence-corrected chi connectivity index (χ1v) is 7.42. The van der Waals surface area contributed by atoms with Gasteiger partial charge in [-0.3, -0.25) is 0 Å². The number of anilines is 2. The van der Waals surface area contributed by atoms with Crippen molar-refractivity contribution < 1.29 is 0 Å². The molecule has 19 heavy (non-hydrogen) atoms. The second-order valence-corrected chi connectivity index (χ2v) is 5.64. The third-order valence-electron chi connectivity index (χ3n) is 3.86. The highest BCUT2D eigenvalue weighted by Gasteiger charge is 2.27. The quantitative estimate of drug-likeness (QED) is 0.765. The van der Waals surface area contributed by atoms with Gasteiger partial charge in [0, 0.05) is 18.5 Å². The molecule has 0 amide bonds. The minimum Gasteiger partial charge on any atom is -0.384 e. The fourth-order valence-electron chi connectivity index (χ4n) is 2.63. The Kier molecular flexibility index (Phi) is 3.82. The molecule has 3 rings (SSSR count). The summed E-state index contributed by atoms with van der Waals surface area (Å²) in [7, 11) is 0. The van der Waals surface area contributed by atoms with Crippen LogP contribution in [0.2, 0.25) is 0 Å². The van der Waals surface area contributed by atoms with Gasteiger partial charge in [0.2, 0.25) is 0 Å². The van der Waals surface area contributed by atoms with E-state index in [-0.39, 0.29) is 0 Å². The molecule has 0 unspecified atom stereocenters. The highest BCUT2D eigenvalue weighted by molar-refractivity contribution is 5.45. The van der Waals surface area contributed by atoms with Crippen LogP contribution in [0.1, 0.15) is 43.8 Å². The van der Waals surface area contributed by atoms with Crippen molar-refractivity contribution in [3.63, 3.8) is 0 Å². The van der Waals surface area contributed by atoms with Gasteiger partial charge < -0.3 is 16.0 Å². The van der Waals surface area contributed by atoms with Gasteiger partial charge in [0.25, 0.3) is 0 Å². The average Bonchev–Trinajstić information content (AvgIpc) is 3.12. The molecule has 0 atom stereocenters. The van der Waals surface area contributed by atoms with Crippen molar-refractivity contribution >= 4 is 11.6 Å². The molecule has 1 aromatic rings. The molecule has 1 aliphatic heterocycles. The molecule has 3 N–H and O–H groups in total. The van der Waals surface area contributed by atoms with Crippen LogP contribution in [0, 0.1) is 0 Å². The summed E-state index contributed by atoms with van der Waals surface area (Å²) in [5.74, 6) is 2.94. The van der Waals surface area contributed by atoms with Crippen LogP contribution >= 0.6 is 0 Å². The molecule has 5 heteroatoms. The van der Waals surface area contributed by atoms with Crippen LogP contribution in [0.4, 0.5) is 11.6 Å². The Balaban J connectivity index is 1.46. The Labute approximate surface area is 114 Å². The van der Waals surface area contributed by atoms with E-state index in [0.717, 1.165) is 24.6 Å². The molecule has 1 aliphatic carbocycles. The molecule has 104 valence electrons. The lowest BCUT2D eigenvalue weighted by atomic mass is 10.3. The number of rotatable bonds is 6. The number of nitrogen functional groups attached to an aromatic ring is 1. The van der Waals surface area contributed by atoms with Gasteiger partial charge in [0.05, 0.1) is 0 Å². The molecule has 2 heterocycles. The Morgan fingerprint density at radius 2 is 2.05 bits per heavy atom. The van der Waals surface area contributed by atoms with Crippen LogP contribution < -0.4 is 11.1 Å². The largest absolute Gasteiger partial charge is 0.384 e. The van der Waals surface area contributed by atoms with Crippen molar-refractivity contribution in [2.24, 2.45) is 0 Å². The molecule has 0 bridgehead atoms. The summed E-state index contributed by atoms with van der Waals surface area (Å²) in [6, 6.07) is 1.84. The summed E-state index contributed by atoms with van der Waals surface area (Å²) in [5, 5.41) is 3.37. The van der Waals surface area contributed by atoms with Gasteiger partial charge in [-0.15, -0.1) is 0 Å². The topological polar surface area (TPSA) is 67.1 Å². The number of likely N-dealkylation sites (tertiary alicyclic amines) is 1. The van der Waals surface area contributed by atoms with Crippen LogP contribution in [-0.4, -0.2) is 41.0 Å². The molecular weight excluding hydrogens is 238 g/mol. The number of nitrogens with two attached hydrogens (primary N) is 1. The smallest absolute Gasteiger partial charge is 0.136 e. The van der Waals surface area contributed by atoms with Crippen molar-refractivity contribution in [1.29, 1.82) is 0 Å². The summed E-state index contributed by atoms with van der Waals surface area (Å²) >= 11 is 0. The third kappa shape index (κ3) is 3.56. The summed E-state index contributed by atoms with van der Waals surface area (Å²) in [4.78, 5) is 11.4. The van der Waals surface area contributed by atoms with Gasteiger partial charge in [0.15, 0.2) is 0 Å². The van der Waals surface area contributed by atoms with Gasteiger partial charge in [-0.25, -0.2) is 9.97 Å². The number of nitrogens with zero attached hydrogens (tertiary/aromatic N) is 3. The SMILES string of the molecule is Nc1cc(NCCCN2CCCC2)nc(C2CC2)n1. The summed E-state index contributed by atoms with van der Waals surface area (Å²) in [6.45, 7) is 4.68. The minimum atomic E-state index is 0.550. The highest BCUT2D eigenvalue weighted by Crippen LogP contribution is 2.38. The number of aromatic nitrogens is 2. The van der Waals surface area contributed by atoms with Crippen molar-refractivity contribution in [2.45, 2.75) is 38.0 Å². The van der Waals surface area contributed by atoms with Gasteiger partial charge >= 0.3 is 0 Å². The van der Waals surface area contributed by atoms with Crippen LogP contribution in [-0.2, 0) is 0 Å². The Bertz CT molecular complexity index is 424. The van der Waals surface area contributed by atoms with Crippen LogP contribution in [0.15, 0.2) is 6.07 Å². The summed E-state index contributed by atoms with van der Waals surface area (Å²) < 4.78 is 0. The Hall–Kier alpha value is -1.36. The second kappa shape index (κ2) is 5.74. The predicted octanol–water partition coefficient (Wildman–Crippen LogP) is 1.83. The summed E-state index contributed by atoms with van der Waals surface area (Å²) in [6.07, 6.45) is 6.29. The predicted molar refractivity (Wildman–Crippen MR) is 77.2 cm³/mol. The normalized spacial score (nSPS) is 19.8. The molecular formula is C14H23N5. The summed E-state index contributed by atoms with van der Waals surface area (Å²) in [5.41, 5.74) is 5.83. The molecule has 2 aliphatic rings. The minimum absolute atomic E-state index is 0.550. The zero-order chi connectivity index (χ0) is 13.1. The molecule has 0 radical (unpaired) electrons. The monoisotopic (exact) mass is 261 g/mol. The molecule has 1 aromatic heterocycles. The number of nitrogens with one attached hydrogen (secondary N) is 1. The van der Waals surface area contributed by atoms with E-state index in [0.29, 0.717) is 11.7 Å². The van der Waals surface area contributed by atoms with Crippen molar-refractivity contribution in [3.05, 3.63) is 11.9 Å². The van der Waals surface area contributed by atoms with E-state index in [9.17, 15) is 0 Å². The second-order valence-electron chi connectivity index (χ2n) is 5.64. The van der Waals surface area contributed by atoms with E-state index >= 15 is 0 Å². The molecule has 0 spiro atoms. The van der Waals surface area contributed by atoms with E-state index in [4.69, 9.17) is 5.73 Å². The van der Waals surface area contributed by atoms with Gasteiger partial charge in [0.1, 0.15) is 17.5 Å². The van der Waals surface area contributed by atoms with Crippen molar-refractivity contribution in [1.82, 2.24) is 14.9 Å². The fourth-order valence-corrected chi connectivity index (χ4v) is 2.63. The van der Waals surface area contributed by atoms with Crippen LogP contribution in [0.25, 0.3) is 0 Å². The van der Waals surface area contributed by atoms with E-state index in [1.165, 1.54) is 45.3 Å². The van der Waals surface area contributed by atoms with Gasteiger partial charge in [-0.2, -0.15) is 0 Å². The van der Waals surface area contributed by atoms with Crippen LogP contribution in [0.5, 0.6) is 0 Å². The molecule has 2 fully saturated rings. The fraction of sp³-hybridized carbons (Fsp3) is 0.714. The van der Waals surface area contributed by atoms with E-state index in [1.54, 1.807) is 0 Å². The average molecular weight is 261 g/mol. The maximum Gasteiger partial charge on any atom is 0.136 e. The lowest BCUT2D eigenvalue weighted by Gasteiger charge is -2.14. The first-order chi connectivity index (χ1) is 9.31. The maximum absolute atomic E-state index is 5.83. The molecule has 1 saturated heterocycles. The van der Waals surface area contributed by atoms with E-state index in [2.05, 4.69) is 20.2 Å². The third-order valence-corrected chi connectivity index (χ3v) is 3.86. The zero-order valence-corrected chi connectivity index (χ0v) is 11.4. The number of hydrogen-bond acceptors (Lipinski definition) is 5.